The van der Waals surface area contributed by atoms with E-state index in [2.05, 4.69) is 58.1 Å². The van der Waals surface area contributed by atoms with E-state index >= 15 is 0 Å². The van der Waals surface area contributed by atoms with E-state index in [0.29, 0.717) is 12.5 Å². The van der Waals surface area contributed by atoms with Gasteiger partial charge in [-0.15, -0.1) is 10.2 Å². The maximum absolute atomic E-state index is 5.95. The van der Waals surface area contributed by atoms with Gasteiger partial charge in [-0.3, -0.25) is 4.57 Å². The minimum Gasteiger partial charge on any atom is -0.492 e. The van der Waals surface area contributed by atoms with Gasteiger partial charge in [-0.1, -0.05) is 67.4 Å². The molecular formula is C23H27N3OS. The molecule has 1 saturated carbocycles. The second-order valence-electron chi connectivity index (χ2n) is 7.31. The molecular weight excluding hydrogens is 366 g/mol. The van der Waals surface area contributed by atoms with Gasteiger partial charge in [0.15, 0.2) is 5.16 Å². The predicted molar refractivity (Wildman–Crippen MR) is 115 cm³/mol. The summed E-state index contributed by atoms with van der Waals surface area (Å²) in [7, 11) is 0. The van der Waals surface area contributed by atoms with Crippen LogP contribution in [0.15, 0.2) is 59.8 Å². The summed E-state index contributed by atoms with van der Waals surface area (Å²) in [5.74, 6) is 3.42. The lowest BCUT2D eigenvalue weighted by Gasteiger charge is -2.22. The Bertz CT molecular complexity index is 888. The van der Waals surface area contributed by atoms with Gasteiger partial charge in [-0.05, 0) is 43.5 Å². The Hall–Kier alpha value is -2.27. The standard InChI is InChI=1S/C23H27N3OS/c1-18-10-8-9-15-21(18)27-16-17-28-23-25-24-22(19-11-4-2-5-12-19)26(23)20-13-6-3-7-14-20/h3,6-10,13-15,19H,2,4-5,11-12,16-17H2,1H3. The second kappa shape index (κ2) is 9.28. The fourth-order valence-corrected chi connectivity index (χ4v) is 4.60. The normalized spacial score (nSPS) is 14.9. The molecule has 5 heteroatoms. The minimum atomic E-state index is 0.513. The third-order valence-electron chi connectivity index (χ3n) is 5.31. The number of thioether (sulfide) groups is 1. The van der Waals surface area contributed by atoms with Crippen LogP contribution in [0.4, 0.5) is 0 Å². The van der Waals surface area contributed by atoms with Crippen LogP contribution in [0.2, 0.25) is 0 Å². The fraction of sp³-hybridized carbons (Fsp3) is 0.391. The van der Waals surface area contributed by atoms with Crippen LogP contribution in [-0.2, 0) is 0 Å². The number of ether oxygens (including phenoxy) is 1. The lowest BCUT2D eigenvalue weighted by Crippen LogP contribution is -2.12. The number of hydrogen-bond donors (Lipinski definition) is 0. The maximum atomic E-state index is 5.95. The average molecular weight is 394 g/mol. The summed E-state index contributed by atoms with van der Waals surface area (Å²) in [5.41, 5.74) is 2.31. The van der Waals surface area contributed by atoms with Crippen LogP contribution in [0, 0.1) is 6.92 Å². The van der Waals surface area contributed by atoms with Gasteiger partial charge in [0.05, 0.1) is 6.61 Å². The number of hydrogen-bond acceptors (Lipinski definition) is 4. The number of benzene rings is 2. The molecule has 1 aliphatic rings. The highest BCUT2D eigenvalue weighted by molar-refractivity contribution is 7.99. The van der Waals surface area contributed by atoms with Crippen LogP contribution in [0.1, 0.15) is 49.4 Å². The third kappa shape index (κ3) is 4.41. The first-order chi connectivity index (χ1) is 13.8. The molecule has 0 saturated heterocycles. The molecule has 146 valence electrons. The molecule has 4 nitrogen and oxygen atoms in total. The highest BCUT2D eigenvalue weighted by Gasteiger charge is 2.24. The van der Waals surface area contributed by atoms with E-state index in [-0.39, 0.29) is 0 Å². The maximum Gasteiger partial charge on any atom is 0.195 e. The minimum absolute atomic E-state index is 0.513. The first-order valence-electron chi connectivity index (χ1n) is 10.1. The third-order valence-corrected chi connectivity index (χ3v) is 6.20. The van der Waals surface area contributed by atoms with E-state index in [4.69, 9.17) is 4.74 Å². The Morgan fingerprint density at radius 1 is 0.964 bits per heavy atom. The zero-order chi connectivity index (χ0) is 19.2. The van der Waals surface area contributed by atoms with Crippen molar-refractivity contribution in [1.29, 1.82) is 0 Å². The van der Waals surface area contributed by atoms with Gasteiger partial charge >= 0.3 is 0 Å². The summed E-state index contributed by atoms with van der Waals surface area (Å²) in [5, 5.41) is 10.1. The van der Waals surface area contributed by atoms with Gasteiger partial charge < -0.3 is 4.74 Å². The van der Waals surface area contributed by atoms with E-state index in [1.807, 2.05) is 18.2 Å². The summed E-state index contributed by atoms with van der Waals surface area (Å²) in [6, 6.07) is 18.6. The molecule has 1 heterocycles. The van der Waals surface area contributed by atoms with Gasteiger partial charge in [-0.2, -0.15) is 0 Å². The van der Waals surface area contributed by atoms with Crippen LogP contribution in [0.5, 0.6) is 5.75 Å². The first-order valence-corrected chi connectivity index (χ1v) is 11.1. The molecule has 0 aliphatic heterocycles. The van der Waals surface area contributed by atoms with Crippen molar-refractivity contribution in [3.05, 3.63) is 66.0 Å². The molecule has 1 aliphatic carbocycles. The molecule has 0 bridgehead atoms. The zero-order valence-electron chi connectivity index (χ0n) is 16.4. The summed E-state index contributed by atoms with van der Waals surface area (Å²) < 4.78 is 8.21. The van der Waals surface area contributed by atoms with Crippen LogP contribution >= 0.6 is 11.8 Å². The number of aryl methyl sites for hydroxylation is 1. The molecule has 0 radical (unpaired) electrons. The Labute approximate surface area is 171 Å². The molecule has 2 aromatic carbocycles. The Morgan fingerprint density at radius 2 is 1.71 bits per heavy atom. The molecule has 0 atom stereocenters. The van der Waals surface area contributed by atoms with E-state index in [1.165, 1.54) is 37.7 Å². The predicted octanol–water partition coefficient (Wildman–Crippen LogP) is 5.79. The molecule has 0 spiro atoms. The van der Waals surface area contributed by atoms with E-state index in [1.54, 1.807) is 11.8 Å². The van der Waals surface area contributed by atoms with Crippen molar-refractivity contribution in [2.75, 3.05) is 12.4 Å². The SMILES string of the molecule is Cc1ccccc1OCCSc1nnc(C2CCCCC2)n1-c1ccccc1. The largest absolute Gasteiger partial charge is 0.492 e. The summed E-state index contributed by atoms with van der Waals surface area (Å²) in [6.07, 6.45) is 6.35. The van der Waals surface area contributed by atoms with Crippen LogP contribution in [-0.4, -0.2) is 27.1 Å². The van der Waals surface area contributed by atoms with Crippen molar-refractivity contribution in [3.8, 4) is 11.4 Å². The van der Waals surface area contributed by atoms with Crippen molar-refractivity contribution in [3.63, 3.8) is 0 Å². The van der Waals surface area contributed by atoms with Crippen LogP contribution in [0.25, 0.3) is 5.69 Å². The highest BCUT2D eigenvalue weighted by Crippen LogP contribution is 2.34. The first kappa shape index (κ1) is 19.1. The van der Waals surface area contributed by atoms with Crippen molar-refractivity contribution in [2.45, 2.75) is 50.1 Å². The Morgan fingerprint density at radius 3 is 2.50 bits per heavy atom. The van der Waals surface area contributed by atoms with Crippen LogP contribution in [0.3, 0.4) is 0 Å². The molecule has 28 heavy (non-hydrogen) atoms. The van der Waals surface area contributed by atoms with Crippen molar-refractivity contribution in [2.24, 2.45) is 0 Å². The van der Waals surface area contributed by atoms with Crippen molar-refractivity contribution < 1.29 is 4.74 Å². The summed E-state index contributed by atoms with van der Waals surface area (Å²) >= 11 is 1.72. The van der Waals surface area contributed by atoms with Crippen LogP contribution < -0.4 is 4.74 Å². The lowest BCUT2D eigenvalue weighted by atomic mass is 9.88. The molecule has 0 unspecified atom stereocenters. The van der Waals surface area contributed by atoms with E-state index in [0.717, 1.165) is 28.2 Å². The summed E-state index contributed by atoms with van der Waals surface area (Å²) in [6.45, 7) is 2.72. The molecule has 3 aromatic rings. The number of aromatic nitrogens is 3. The van der Waals surface area contributed by atoms with Gasteiger partial charge in [0.25, 0.3) is 0 Å². The quantitative estimate of drug-likeness (QED) is 0.376. The highest BCUT2D eigenvalue weighted by atomic mass is 32.2. The molecule has 0 amide bonds. The lowest BCUT2D eigenvalue weighted by molar-refractivity contribution is 0.341. The smallest absolute Gasteiger partial charge is 0.195 e. The molecule has 1 aromatic heterocycles. The summed E-state index contributed by atoms with van der Waals surface area (Å²) in [4.78, 5) is 0. The topological polar surface area (TPSA) is 39.9 Å². The second-order valence-corrected chi connectivity index (χ2v) is 8.37. The van der Waals surface area contributed by atoms with Gasteiger partial charge in [0, 0.05) is 17.4 Å². The number of para-hydroxylation sites is 2. The fourth-order valence-electron chi connectivity index (χ4n) is 3.82. The average Bonchev–Trinajstić information content (AvgIpc) is 3.17. The van der Waals surface area contributed by atoms with Gasteiger partial charge in [0.2, 0.25) is 0 Å². The monoisotopic (exact) mass is 393 g/mol. The van der Waals surface area contributed by atoms with Crippen molar-refractivity contribution in [1.82, 2.24) is 14.8 Å². The molecule has 1 fully saturated rings. The van der Waals surface area contributed by atoms with Crippen molar-refractivity contribution >= 4 is 11.8 Å². The number of rotatable bonds is 7. The van der Waals surface area contributed by atoms with Gasteiger partial charge in [0.1, 0.15) is 11.6 Å². The zero-order valence-corrected chi connectivity index (χ0v) is 17.2. The van der Waals surface area contributed by atoms with Gasteiger partial charge in [-0.25, -0.2) is 0 Å². The molecule has 4 rings (SSSR count). The Balaban J connectivity index is 1.48. The molecule has 0 N–H and O–H groups in total. The van der Waals surface area contributed by atoms with E-state index in [9.17, 15) is 0 Å². The number of nitrogens with zero attached hydrogens (tertiary/aromatic N) is 3. The van der Waals surface area contributed by atoms with E-state index < -0.39 is 0 Å². The Kier molecular flexibility index (Phi) is 6.32.